The highest BCUT2D eigenvalue weighted by Crippen LogP contribution is 2.27. The fourth-order valence-corrected chi connectivity index (χ4v) is 4.25. The maximum Gasteiger partial charge on any atom is 0.270 e. The molecule has 0 saturated heterocycles. The van der Waals surface area contributed by atoms with Gasteiger partial charge >= 0.3 is 0 Å². The Balaban J connectivity index is 1.63. The van der Waals surface area contributed by atoms with Crippen molar-refractivity contribution in [2.75, 3.05) is 0 Å². The summed E-state index contributed by atoms with van der Waals surface area (Å²) in [6.45, 7) is -0.191. The van der Waals surface area contributed by atoms with Gasteiger partial charge in [-0.3, -0.25) is 9.80 Å². The summed E-state index contributed by atoms with van der Waals surface area (Å²) in [7, 11) is -3.84. The molecular weight excluding hydrogens is 424 g/mol. The summed E-state index contributed by atoms with van der Waals surface area (Å²) >= 11 is 3.40. The molecule has 0 radical (unpaired) electrons. The van der Waals surface area contributed by atoms with Crippen molar-refractivity contribution in [3.63, 3.8) is 0 Å². The Kier molecular flexibility index (Phi) is 4.10. The number of nitrogens with zero attached hydrogens (tertiary/aromatic N) is 3. The minimum absolute atomic E-state index is 0.0549. The number of fused-ring (bicyclic) bond motifs is 1. The predicted octanol–water partition coefficient (Wildman–Crippen LogP) is 2.35. The van der Waals surface area contributed by atoms with Crippen LogP contribution in [0.3, 0.4) is 0 Å². The second kappa shape index (κ2) is 6.31. The summed E-state index contributed by atoms with van der Waals surface area (Å²) in [5.74, 6) is -0.123. The molecule has 2 aromatic carbocycles. The zero-order valence-corrected chi connectivity index (χ0v) is 15.5. The number of halogens is 1. The molecule has 132 valence electrons. The van der Waals surface area contributed by atoms with E-state index >= 15 is 0 Å². The first-order valence-corrected chi connectivity index (χ1v) is 9.74. The number of sulfonamides is 1. The summed E-state index contributed by atoms with van der Waals surface area (Å²) in [4.78, 5) is 14.7. The van der Waals surface area contributed by atoms with Gasteiger partial charge in [0.25, 0.3) is 15.9 Å². The van der Waals surface area contributed by atoms with E-state index in [1.807, 2.05) is 18.2 Å². The normalized spacial score (nSPS) is 15.7. The quantitative estimate of drug-likeness (QED) is 0.677. The molecule has 0 aliphatic carbocycles. The van der Waals surface area contributed by atoms with Crippen molar-refractivity contribution < 1.29 is 17.6 Å². The fourth-order valence-electron chi connectivity index (χ4n) is 2.56. The van der Waals surface area contributed by atoms with Crippen LogP contribution in [0, 0.1) is 0 Å². The van der Waals surface area contributed by atoms with E-state index in [0.717, 1.165) is 9.48 Å². The van der Waals surface area contributed by atoms with Crippen molar-refractivity contribution in [2.24, 2.45) is 0 Å². The topological polar surface area (TPSA) is 105 Å². The Morgan fingerprint density at radius 3 is 2.50 bits per heavy atom. The molecule has 8 nitrogen and oxygen atoms in total. The average Bonchev–Trinajstić information content (AvgIpc) is 3.08. The molecule has 0 atom stereocenters. The third kappa shape index (κ3) is 2.91. The van der Waals surface area contributed by atoms with E-state index in [9.17, 15) is 13.2 Å². The van der Waals surface area contributed by atoms with Crippen molar-refractivity contribution in [1.82, 2.24) is 20.0 Å². The molecule has 4 rings (SSSR count). The van der Waals surface area contributed by atoms with Gasteiger partial charge < -0.3 is 4.42 Å². The van der Waals surface area contributed by atoms with Crippen LogP contribution in [0.15, 0.2) is 62.3 Å². The Morgan fingerprint density at radius 2 is 1.73 bits per heavy atom. The maximum absolute atomic E-state index is 12.5. The van der Waals surface area contributed by atoms with E-state index < -0.39 is 15.9 Å². The number of hydrogen-bond acceptors (Lipinski definition) is 6. The van der Waals surface area contributed by atoms with Gasteiger partial charge in [-0.25, -0.2) is 8.42 Å². The molecule has 0 saturated carbocycles. The van der Waals surface area contributed by atoms with Crippen LogP contribution in [-0.4, -0.2) is 29.5 Å². The van der Waals surface area contributed by atoms with Crippen LogP contribution in [0.2, 0.25) is 0 Å². The molecule has 1 N–H and O–H groups in total. The predicted molar refractivity (Wildman–Crippen MR) is 94.1 cm³/mol. The SMILES string of the molecule is O=C1c2ccccc2S(=O)(=O)NN1Cc1nnc(-c2ccccc2Br)o1. The summed E-state index contributed by atoms with van der Waals surface area (Å²) in [5.41, 5.74) is 0.791. The molecule has 1 amide bonds. The lowest BCUT2D eigenvalue weighted by Gasteiger charge is -2.27. The smallest absolute Gasteiger partial charge is 0.270 e. The molecule has 0 spiro atoms. The summed E-state index contributed by atoms with van der Waals surface area (Å²) in [6.07, 6.45) is 0. The first kappa shape index (κ1) is 16.9. The Bertz CT molecular complexity index is 1110. The molecule has 0 bridgehead atoms. The molecule has 1 aliphatic heterocycles. The van der Waals surface area contributed by atoms with Crippen LogP contribution >= 0.6 is 15.9 Å². The van der Waals surface area contributed by atoms with Crippen molar-refractivity contribution >= 4 is 31.9 Å². The van der Waals surface area contributed by atoms with Crippen LogP contribution in [0.25, 0.3) is 11.5 Å². The van der Waals surface area contributed by atoms with E-state index in [1.165, 1.54) is 12.1 Å². The Morgan fingerprint density at radius 1 is 1.04 bits per heavy atom. The Hall–Kier alpha value is -2.56. The number of rotatable bonds is 3. The highest BCUT2D eigenvalue weighted by molar-refractivity contribution is 9.10. The largest absolute Gasteiger partial charge is 0.419 e. The van der Waals surface area contributed by atoms with Gasteiger partial charge in [0.05, 0.1) is 16.0 Å². The third-order valence-corrected chi connectivity index (χ3v) is 5.83. The van der Waals surface area contributed by atoms with E-state index in [-0.39, 0.29) is 28.8 Å². The molecule has 26 heavy (non-hydrogen) atoms. The van der Waals surface area contributed by atoms with Crippen molar-refractivity contribution in [1.29, 1.82) is 0 Å². The highest BCUT2D eigenvalue weighted by Gasteiger charge is 2.34. The van der Waals surface area contributed by atoms with Crippen LogP contribution in [0.5, 0.6) is 0 Å². The Labute approximate surface area is 157 Å². The first-order valence-electron chi connectivity index (χ1n) is 7.46. The van der Waals surface area contributed by atoms with Crippen LogP contribution < -0.4 is 4.83 Å². The van der Waals surface area contributed by atoms with Crippen molar-refractivity contribution in [3.8, 4) is 11.5 Å². The zero-order chi connectivity index (χ0) is 18.3. The molecule has 3 aromatic rings. The van der Waals surface area contributed by atoms with Gasteiger partial charge in [-0.15, -0.1) is 15.0 Å². The van der Waals surface area contributed by atoms with Crippen LogP contribution in [-0.2, 0) is 16.6 Å². The number of aromatic nitrogens is 2. The van der Waals surface area contributed by atoms with E-state index in [4.69, 9.17) is 4.42 Å². The minimum atomic E-state index is -3.84. The second-order valence-corrected chi connectivity index (χ2v) is 7.95. The van der Waals surface area contributed by atoms with Crippen LogP contribution in [0.4, 0.5) is 0 Å². The van der Waals surface area contributed by atoms with Crippen LogP contribution in [0.1, 0.15) is 16.2 Å². The van der Waals surface area contributed by atoms with Gasteiger partial charge in [0.2, 0.25) is 11.8 Å². The number of amides is 1. The number of hydrogen-bond donors (Lipinski definition) is 1. The number of nitrogens with one attached hydrogen (secondary N) is 1. The standard InChI is InChI=1S/C16H11BrN4O4S/c17-12-7-3-1-5-10(12)15-19-18-14(25-15)9-21-16(22)11-6-2-4-8-13(11)26(23,24)20-21/h1-8,20H,9H2. The summed E-state index contributed by atoms with van der Waals surface area (Å²) < 4.78 is 31.0. The number of carbonyl (C=O) groups is 1. The van der Waals surface area contributed by atoms with E-state index in [1.54, 1.807) is 18.2 Å². The molecular formula is C16H11BrN4O4S. The molecule has 0 unspecified atom stereocenters. The van der Waals surface area contributed by atoms with E-state index in [0.29, 0.717) is 5.56 Å². The lowest BCUT2D eigenvalue weighted by molar-refractivity contribution is 0.0670. The molecule has 1 aromatic heterocycles. The average molecular weight is 435 g/mol. The monoisotopic (exact) mass is 434 g/mol. The summed E-state index contributed by atoms with van der Waals surface area (Å²) in [5, 5.41) is 8.80. The second-order valence-electron chi connectivity index (χ2n) is 5.46. The maximum atomic E-state index is 12.5. The fraction of sp³-hybridized carbons (Fsp3) is 0.0625. The van der Waals surface area contributed by atoms with Gasteiger partial charge in [0.15, 0.2) is 0 Å². The van der Waals surface area contributed by atoms with Gasteiger partial charge in [0, 0.05) is 4.47 Å². The van der Waals surface area contributed by atoms with Gasteiger partial charge in [-0.2, -0.15) is 0 Å². The van der Waals surface area contributed by atoms with E-state index in [2.05, 4.69) is 31.0 Å². The molecule has 2 heterocycles. The minimum Gasteiger partial charge on any atom is -0.419 e. The van der Waals surface area contributed by atoms with Crippen molar-refractivity contribution in [3.05, 3.63) is 64.5 Å². The van der Waals surface area contributed by atoms with Gasteiger partial charge in [0.1, 0.15) is 6.54 Å². The molecule has 10 heteroatoms. The lowest BCUT2D eigenvalue weighted by atomic mass is 10.2. The molecule has 1 aliphatic rings. The molecule has 0 fully saturated rings. The number of benzene rings is 2. The zero-order valence-electron chi connectivity index (χ0n) is 13.1. The lowest BCUT2D eigenvalue weighted by Crippen LogP contribution is -2.49. The first-order chi connectivity index (χ1) is 12.5. The summed E-state index contributed by atoms with van der Waals surface area (Å²) in [6, 6.07) is 13.3. The van der Waals surface area contributed by atoms with Gasteiger partial charge in [-0.1, -0.05) is 24.3 Å². The van der Waals surface area contributed by atoms with Crippen molar-refractivity contribution in [2.45, 2.75) is 11.4 Å². The number of carbonyl (C=O) groups excluding carboxylic acids is 1. The highest BCUT2D eigenvalue weighted by atomic mass is 79.9. The third-order valence-electron chi connectivity index (χ3n) is 3.75. The number of hydrazine groups is 1. The van der Waals surface area contributed by atoms with Gasteiger partial charge in [-0.05, 0) is 40.2 Å².